The van der Waals surface area contributed by atoms with Gasteiger partial charge in [0.15, 0.2) is 12.4 Å². The number of amidine groups is 1. The van der Waals surface area contributed by atoms with Gasteiger partial charge in [0.05, 0.1) is 5.02 Å². The topological polar surface area (TPSA) is 73.9 Å². The van der Waals surface area contributed by atoms with Crippen molar-refractivity contribution in [1.29, 1.82) is 0 Å². The molecule has 0 aliphatic heterocycles. The maximum Gasteiger partial charge on any atom is 0.372 e. The molecule has 2 aromatic carbocycles. The number of rotatable bonds is 5. The summed E-state index contributed by atoms with van der Waals surface area (Å²) in [7, 11) is 0. The standard InChI is InChI=1S/C16H14Cl2N2O3/c1-10-4-2-3-5-14(10)22-9-15(21)23-20-16(19)12-7-6-11(17)8-13(12)18/h2-8H,9H2,1H3,(H2,19,20). The molecule has 0 radical (unpaired) electrons. The van der Waals surface area contributed by atoms with Gasteiger partial charge in [-0.3, -0.25) is 0 Å². The normalized spacial score (nSPS) is 11.2. The molecular weight excluding hydrogens is 339 g/mol. The van der Waals surface area contributed by atoms with Crippen molar-refractivity contribution in [1.82, 2.24) is 0 Å². The van der Waals surface area contributed by atoms with Crippen molar-refractivity contribution in [2.75, 3.05) is 6.61 Å². The fourth-order valence-corrected chi connectivity index (χ4v) is 2.23. The lowest BCUT2D eigenvalue weighted by atomic mass is 10.2. The first-order chi connectivity index (χ1) is 11.0. The quantitative estimate of drug-likeness (QED) is 0.386. The van der Waals surface area contributed by atoms with Crippen LogP contribution in [0.4, 0.5) is 0 Å². The Balaban J connectivity index is 1.94. The Kier molecular flexibility index (Phi) is 5.84. The zero-order valence-corrected chi connectivity index (χ0v) is 13.8. The van der Waals surface area contributed by atoms with E-state index in [9.17, 15) is 4.79 Å². The maximum absolute atomic E-state index is 11.6. The largest absolute Gasteiger partial charge is 0.482 e. The van der Waals surface area contributed by atoms with Crippen molar-refractivity contribution in [3.63, 3.8) is 0 Å². The molecule has 2 N–H and O–H groups in total. The molecule has 0 heterocycles. The van der Waals surface area contributed by atoms with Crippen LogP contribution < -0.4 is 10.5 Å². The second-order valence-corrected chi connectivity index (χ2v) is 5.46. The molecule has 2 rings (SSSR count). The lowest BCUT2D eigenvalue weighted by molar-refractivity contribution is -0.146. The molecule has 0 spiro atoms. The van der Waals surface area contributed by atoms with E-state index in [2.05, 4.69) is 5.16 Å². The molecule has 5 nitrogen and oxygen atoms in total. The summed E-state index contributed by atoms with van der Waals surface area (Å²) in [6.07, 6.45) is 0. The van der Waals surface area contributed by atoms with Crippen molar-refractivity contribution in [3.8, 4) is 5.75 Å². The Labute approximate surface area is 143 Å². The number of aryl methyl sites for hydroxylation is 1. The molecule has 120 valence electrons. The molecule has 2 aromatic rings. The summed E-state index contributed by atoms with van der Waals surface area (Å²) >= 11 is 11.8. The average Bonchev–Trinajstić information content (AvgIpc) is 2.52. The van der Waals surface area contributed by atoms with Crippen LogP contribution in [-0.4, -0.2) is 18.4 Å². The van der Waals surface area contributed by atoms with Crippen LogP contribution in [0.2, 0.25) is 10.0 Å². The Morgan fingerprint density at radius 2 is 1.96 bits per heavy atom. The number of halogens is 2. The van der Waals surface area contributed by atoms with Gasteiger partial charge in [0.25, 0.3) is 0 Å². The van der Waals surface area contributed by atoms with E-state index >= 15 is 0 Å². The fraction of sp³-hybridized carbons (Fsp3) is 0.125. The summed E-state index contributed by atoms with van der Waals surface area (Å²) < 4.78 is 5.35. The maximum atomic E-state index is 11.6. The highest BCUT2D eigenvalue weighted by Gasteiger charge is 2.09. The zero-order valence-electron chi connectivity index (χ0n) is 12.3. The van der Waals surface area contributed by atoms with E-state index in [4.69, 9.17) is 38.5 Å². The molecule has 0 bridgehead atoms. The van der Waals surface area contributed by atoms with E-state index < -0.39 is 5.97 Å². The number of para-hydroxylation sites is 1. The number of nitrogens with two attached hydrogens (primary N) is 1. The summed E-state index contributed by atoms with van der Waals surface area (Å²) in [5.74, 6) is -0.112. The third-order valence-electron chi connectivity index (χ3n) is 2.89. The molecule has 0 saturated heterocycles. The molecule has 0 aromatic heterocycles. The van der Waals surface area contributed by atoms with Crippen LogP contribution in [-0.2, 0) is 9.63 Å². The summed E-state index contributed by atoms with van der Waals surface area (Å²) in [4.78, 5) is 16.4. The van der Waals surface area contributed by atoms with E-state index in [-0.39, 0.29) is 12.4 Å². The highest BCUT2D eigenvalue weighted by Crippen LogP contribution is 2.20. The van der Waals surface area contributed by atoms with Crippen LogP contribution in [0, 0.1) is 6.92 Å². The monoisotopic (exact) mass is 352 g/mol. The smallest absolute Gasteiger partial charge is 0.372 e. The summed E-state index contributed by atoms with van der Waals surface area (Å²) in [5, 5.41) is 4.34. The predicted molar refractivity (Wildman–Crippen MR) is 90.0 cm³/mol. The Morgan fingerprint density at radius 1 is 1.22 bits per heavy atom. The minimum atomic E-state index is -0.679. The lowest BCUT2D eigenvalue weighted by Gasteiger charge is -2.07. The van der Waals surface area contributed by atoms with Gasteiger partial charge >= 0.3 is 5.97 Å². The van der Waals surface area contributed by atoms with Crippen LogP contribution >= 0.6 is 23.2 Å². The average molecular weight is 353 g/mol. The third-order valence-corrected chi connectivity index (χ3v) is 3.44. The van der Waals surface area contributed by atoms with Gasteiger partial charge in [0.2, 0.25) is 0 Å². The zero-order chi connectivity index (χ0) is 16.8. The molecule has 7 heteroatoms. The number of benzene rings is 2. The van der Waals surface area contributed by atoms with E-state index in [0.29, 0.717) is 21.4 Å². The SMILES string of the molecule is Cc1ccccc1OCC(=O)O/N=C(\N)c1ccc(Cl)cc1Cl. The lowest BCUT2D eigenvalue weighted by Crippen LogP contribution is -2.18. The van der Waals surface area contributed by atoms with Crippen LogP contribution in [0.5, 0.6) is 5.75 Å². The van der Waals surface area contributed by atoms with E-state index in [1.807, 2.05) is 25.1 Å². The second kappa shape index (κ2) is 7.85. The molecule has 0 aliphatic carbocycles. The van der Waals surface area contributed by atoms with Crippen molar-refractivity contribution < 1.29 is 14.4 Å². The van der Waals surface area contributed by atoms with Crippen LogP contribution in [0.1, 0.15) is 11.1 Å². The minimum absolute atomic E-state index is 0.0316. The third kappa shape index (κ3) is 4.87. The van der Waals surface area contributed by atoms with Crippen molar-refractivity contribution >= 4 is 35.0 Å². The van der Waals surface area contributed by atoms with E-state index in [1.165, 1.54) is 6.07 Å². The second-order valence-electron chi connectivity index (χ2n) is 4.62. The van der Waals surface area contributed by atoms with Crippen LogP contribution in [0.25, 0.3) is 0 Å². The van der Waals surface area contributed by atoms with Gasteiger partial charge < -0.3 is 15.3 Å². The number of oxime groups is 1. The van der Waals surface area contributed by atoms with Gasteiger partial charge in [-0.05, 0) is 36.8 Å². The molecule has 0 aliphatic rings. The molecule has 0 unspecified atom stereocenters. The van der Waals surface area contributed by atoms with Crippen LogP contribution in [0.3, 0.4) is 0 Å². The molecular formula is C16H14Cl2N2O3. The van der Waals surface area contributed by atoms with E-state index in [1.54, 1.807) is 18.2 Å². The van der Waals surface area contributed by atoms with Gasteiger partial charge in [-0.1, -0.05) is 46.6 Å². The highest BCUT2D eigenvalue weighted by molar-refractivity contribution is 6.36. The number of hydrogen-bond acceptors (Lipinski definition) is 4. The first-order valence-corrected chi connectivity index (χ1v) is 7.40. The minimum Gasteiger partial charge on any atom is -0.482 e. The summed E-state index contributed by atoms with van der Waals surface area (Å²) in [6, 6.07) is 12.0. The molecule has 23 heavy (non-hydrogen) atoms. The summed E-state index contributed by atoms with van der Waals surface area (Å²) in [5.41, 5.74) is 7.06. The highest BCUT2D eigenvalue weighted by atomic mass is 35.5. The molecule has 0 atom stereocenters. The number of ether oxygens (including phenoxy) is 1. The molecule has 0 amide bonds. The molecule has 0 saturated carbocycles. The Hall–Kier alpha value is -2.24. The first-order valence-electron chi connectivity index (χ1n) is 6.64. The number of carbonyl (C=O) groups excluding carboxylic acids is 1. The number of carbonyl (C=O) groups is 1. The van der Waals surface area contributed by atoms with Gasteiger partial charge in [0.1, 0.15) is 5.75 Å². The van der Waals surface area contributed by atoms with Gasteiger partial charge in [0, 0.05) is 10.6 Å². The van der Waals surface area contributed by atoms with Crippen molar-refractivity contribution in [2.24, 2.45) is 10.9 Å². The number of hydrogen-bond donors (Lipinski definition) is 1. The first kappa shape index (κ1) is 17.1. The Bertz CT molecular complexity index is 748. The Morgan fingerprint density at radius 3 is 2.65 bits per heavy atom. The van der Waals surface area contributed by atoms with Gasteiger partial charge in [-0.15, -0.1) is 0 Å². The van der Waals surface area contributed by atoms with E-state index in [0.717, 1.165) is 5.56 Å². The van der Waals surface area contributed by atoms with Crippen LogP contribution in [0.15, 0.2) is 47.6 Å². The number of nitrogens with zero attached hydrogens (tertiary/aromatic N) is 1. The summed E-state index contributed by atoms with van der Waals surface area (Å²) in [6.45, 7) is 1.59. The predicted octanol–water partition coefficient (Wildman–Crippen LogP) is 3.54. The fourth-order valence-electron chi connectivity index (χ4n) is 1.73. The molecule has 0 fully saturated rings. The van der Waals surface area contributed by atoms with Gasteiger partial charge in [-0.25, -0.2) is 4.79 Å². The van der Waals surface area contributed by atoms with Gasteiger partial charge in [-0.2, -0.15) is 0 Å². The van der Waals surface area contributed by atoms with Crippen molar-refractivity contribution in [3.05, 3.63) is 63.6 Å². The van der Waals surface area contributed by atoms with Crippen molar-refractivity contribution in [2.45, 2.75) is 6.92 Å².